The van der Waals surface area contributed by atoms with Gasteiger partial charge in [-0.05, 0) is 25.0 Å². The first-order valence-corrected chi connectivity index (χ1v) is 5.93. The Balaban J connectivity index is 2.47. The van der Waals surface area contributed by atoms with Crippen molar-refractivity contribution in [1.82, 2.24) is 5.32 Å². The highest BCUT2D eigenvalue weighted by molar-refractivity contribution is 5.67. The van der Waals surface area contributed by atoms with E-state index < -0.39 is 18.9 Å². The van der Waals surface area contributed by atoms with Crippen LogP contribution in [-0.2, 0) is 11.2 Å². The van der Waals surface area contributed by atoms with Gasteiger partial charge in [-0.3, -0.25) is 0 Å². The lowest BCUT2D eigenvalue weighted by molar-refractivity contribution is -0.160. The third kappa shape index (κ3) is 5.81. The predicted molar refractivity (Wildman–Crippen MR) is 66.7 cm³/mol. The van der Waals surface area contributed by atoms with Gasteiger partial charge in [0.2, 0.25) is 0 Å². The summed E-state index contributed by atoms with van der Waals surface area (Å²) < 4.78 is 44.8. The van der Waals surface area contributed by atoms with Crippen LogP contribution in [0.3, 0.4) is 0 Å². The molecule has 0 aliphatic rings. The van der Waals surface area contributed by atoms with E-state index in [1.165, 1.54) is 7.11 Å². The maximum atomic E-state index is 11.9. The molecule has 1 aromatic rings. The number of hydrogen-bond acceptors (Lipinski definition) is 3. The minimum Gasteiger partial charge on any atom is -0.496 e. The van der Waals surface area contributed by atoms with Crippen molar-refractivity contribution >= 4 is 6.09 Å². The Hall–Kier alpha value is -1.92. The fourth-order valence-electron chi connectivity index (χ4n) is 1.64. The Morgan fingerprint density at radius 2 is 2.00 bits per heavy atom. The summed E-state index contributed by atoms with van der Waals surface area (Å²) in [4.78, 5) is 11.2. The number of carbonyl (C=O) groups excluding carboxylic acids is 1. The summed E-state index contributed by atoms with van der Waals surface area (Å²) in [6.45, 7) is 0.0709. The second-order valence-electron chi connectivity index (χ2n) is 4.25. The number of halogens is 3. The minimum atomic E-state index is -4.52. The summed E-state index contributed by atoms with van der Waals surface area (Å²) in [5, 5.41) is 2.34. The largest absolute Gasteiger partial charge is 0.496 e. The van der Waals surface area contributed by atoms with Gasteiger partial charge in [-0.25, -0.2) is 4.79 Å². The van der Waals surface area contributed by atoms with Gasteiger partial charge >= 0.3 is 12.3 Å². The minimum absolute atomic E-state index is 0.382. The lowest BCUT2D eigenvalue weighted by Crippen LogP contribution is -2.36. The molecule has 7 heteroatoms. The molecule has 0 heterocycles. The highest BCUT2D eigenvalue weighted by Gasteiger charge is 2.29. The van der Waals surface area contributed by atoms with Crippen LogP contribution in [0, 0.1) is 0 Å². The Bertz CT molecular complexity index is 449. The number of para-hydroxylation sites is 1. The molecule has 112 valence electrons. The normalized spacial score (nSPS) is 12.7. The molecule has 0 saturated carbocycles. The van der Waals surface area contributed by atoms with Crippen molar-refractivity contribution in [3.05, 3.63) is 29.8 Å². The third-order valence-corrected chi connectivity index (χ3v) is 2.45. The number of alkyl carbamates (subject to hydrolysis) is 1. The molecule has 0 fully saturated rings. The molecule has 4 nitrogen and oxygen atoms in total. The molecule has 1 atom stereocenters. The Labute approximate surface area is 114 Å². The summed E-state index contributed by atoms with van der Waals surface area (Å²) >= 11 is 0. The molecule has 0 spiro atoms. The number of benzene rings is 1. The number of ether oxygens (including phenoxy) is 2. The Morgan fingerprint density at radius 1 is 1.35 bits per heavy atom. The zero-order chi connectivity index (χ0) is 15.2. The number of alkyl halides is 3. The second-order valence-corrected chi connectivity index (χ2v) is 4.25. The molecule has 0 aliphatic heterocycles. The summed E-state index contributed by atoms with van der Waals surface area (Å²) in [6, 6.07) is 6.82. The van der Waals surface area contributed by atoms with E-state index in [1.54, 1.807) is 19.1 Å². The summed E-state index contributed by atoms with van der Waals surface area (Å²) in [5.41, 5.74) is 0.846. The summed E-state index contributed by atoms with van der Waals surface area (Å²) in [7, 11) is 1.52. The van der Waals surface area contributed by atoms with Gasteiger partial charge in [-0.2, -0.15) is 13.2 Å². The van der Waals surface area contributed by atoms with Crippen LogP contribution in [0.15, 0.2) is 24.3 Å². The average Bonchev–Trinajstić information content (AvgIpc) is 2.36. The maximum absolute atomic E-state index is 11.9. The van der Waals surface area contributed by atoms with E-state index in [0.717, 1.165) is 5.56 Å². The van der Waals surface area contributed by atoms with Gasteiger partial charge in [-0.1, -0.05) is 18.2 Å². The predicted octanol–water partition coefficient (Wildman–Crippen LogP) is 2.91. The average molecular weight is 291 g/mol. The zero-order valence-corrected chi connectivity index (χ0v) is 11.2. The van der Waals surface area contributed by atoms with E-state index >= 15 is 0 Å². The van der Waals surface area contributed by atoms with E-state index in [9.17, 15) is 18.0 Å². The van der Waals surface area contributed by atoms with Crippen LogP contribution in [0.1, 0.15) is 12.5 Å². The lowest BCUT2D eigenvalue weighted by atomic mass is 10.1. The number of carbonyl (C=O) groups is 1. The van der Waals surface area contributed by atoms with Crippen molar-refractivity contribution in [3.8, 4) is 5.75 Å². The first kappa shape index (κ1) is 16.1. The molecule has 0 radical (unpaired) electrons. The van der Waals surface area contributed by atoms with Gasteiger partial charge in [0.25, 0.3) is 0 Å². The third-order valence-electron chi connectivity index (χ3n) is 2.45. The molecule has 0 saturated heterocycles. The topological polar surface area (TPSA) is 47.6 Å². The first-order chi connectivity index (χ1) is 9.31. The van der Waals surface area contributed by atoms with Gasteiger partial charge < -0.3 is 14.8 Å². The Kier molecular flexibility index (Phi) is 5.66. The fraction of sp³-hybridized carbons (Fsp3) is 0.462. The van der Waals surface area contributed by atoms with Crippen LogP contribution in [0.5, 0.6) is 5.75 Å². The molecule has 1 rings (SSSR count). The fourth-order valence-corrected chi connectivity index (χ4v) is 1.64. The summed E-state index contributed by atoms with van der Waals surface area (Å²) in [6.07, 6.45) is -5.20. The highest BCUT2D eigenvalue weighted by Crippen LogP contribution is 2.19. The molecule has 1 N–H and O–H groups in total. The lowest BCUT2D eigenvalue weighted by Gasteiger charge is -2.16. The first-order valence-electron chi connectivity index (χ1n) is 5.93. The van der Waals surface area contributed by atoms with Gasteiger partial charge in [-0.15, -0.1) is 0 Å². The molecule has 20 heavy (non-hydrogen) atoms. The van der Waals surface area contributed by atoms with Crippen molar-refractivity contribution in [2.24, 2.45) is 0 Å². The monoisotopic (exact) mass is 291 g/mol. The standard InChI is InChI=1S/C13H16F3NO3/c1-9(17-12(18)20-8-13(14,15)16)7-10-5-3-4-6-11(10)19-2/h3-6,9H,7-8H2,1-2H3,(H,17,18). The summed E-state index contributed by atoms with van der Waals surface area (Å²) in [5.74, 6) is 0.657. The van der Waals surface area contributed by atoms with Crippen LogP contribution in [0.4, 0.5) is 18.0 Å². The van der Waals surface area contributed by atoms with E-state index in [0.29, 0.717) is 12.2 Å². The number of amides is 1. The van der Waals surface area contributed by atoms with Gasteiger partial charge in [0.05, 0.1) is 7.11 Å². The molecule has 0 aromatic heterocycles. The van der Waals surface area contributed by atoms with Crippen molar-refractivity contribution in [3.63, 3.8) is 0 Å². The van der Waals surface area contributed by atoms with E-state index in [4.69, 9.17) is 4.74 Å². The quantitative estimate of drug-likeness (QED) is 0.907. The molecule has 1 unspecified atom stereocenters. The van der Waals surface area contributed by atoms with Gasteiger partial charge in [0, 0.05) is 6.04 Å². The molecule has 1 amide bonds. The van der Waals surface area contributed by atoms with Gasteiger partial charge in [0.15, 0.2) is 6.61 Å². The highest BCUT2D eigenvalue weighted by atomic mass is 19.4. The smallest absolute Gasteiger partial charge is 0.422 e. The second kappa shape index (κ2) is 7.02. The van der Waals surface area contributed by atoms with Crippen LogP contribution in [0.25, 0.3) is 0 Å². The molecular formula is C13H16F3NO3. The number of nitrogens with one attached hydrogen (secondary N) is 1. The van der Waals surface area contributed by atoms with Gasteiger partial charge in [0.1, 0.15) is 5.75 Å². The molecular weight excluding hydrogens is 275 g/mol. The molecule has 0 aliphatic carbocycles. The van der Waals surface area contributed by atoms with Crippen LogP contribution in [-0.4, -0.2) is 32.0 Å². The number of rotatable bonds is 5. The van der Waals surface area contributed by atoms with Crippen molar-refractivity contribution in [2.45, 2.75) is 25.6 Å². The van der Waals surface area contributed by atoms with Crippen molar-refractivity contribution in [1.29, 1.82) is 0 Å². The van der Waals surface area contributed by atoms with Crippen LogP contribution < -0.4 is 10.1 Å². The maximum Gasteiger partial charge on any atom is 0.422 e. The van der Waals surface area contributed by atoms with Crippen LogP contribution in [0.2, 0.25) is 0 Å². The van der Waals surface area contributed by atoms with E-state index in [2.05, 4.69) is 10.1 Å². The Morgan fingerprint density at radius 3 is 2.60 bits per heavy atom. The number of methoxy groups -OCH3 is 1. The molecule has 1 aromatic carbocycles. The van der Waals surface area contributed by atoms with E-state index in [1.807, 2.05) is 12.1 Å². The van der Waals surface area contributed by atoms with Crippen molar-refractivity contribution in [2.75, 3.05) is 13.7 Å². The van der Waals surface area contributed by atoms with E-state index in [-0.39, 0.29) is 6.04 Å². The van der Waals surface area contributed by atoms with Crippen LogP contribution >= 0.6 is 0 Å². The zero-order valence-electron chi connectivity index (χ0n) is 11.2. The number of hydrogen-bond donors (Lipinski definition) is 1. The van der Waals surface area contributed by atoms with Crippen molar-refractivity contribution < 1.29 is 27.4 Å². The SMILES string of the molecule is COc1ccccc1CC(C)NC(=O)OCC(F)(F)F. The molecule has 0 bridgehead atoms.